The zero-order valence-electron chi connectivity index (χ0n) is 18.8. The molecule has 0 aliphatic heterocycles. The number of H-pyrrole nitrogens is 1. The van der Waals surface area contributed by atoms with Gasteiger partial charge in [0.2, 0.25) is 5.91 Å². The number of nitrogens with zero attached hydrogens (tertiary/aromatic N) is 5. The molecule has 0 aliphatic rings. The molecule has 0 radical (unpaired) electrons. The lowest BCUT2D eigenvalue weighted by molar-refractivity contribution is -0.116. The molecular formula is C20H28N8O5. The maximum atomic E-state index is 12.9. The highest BCUT2D eigenvalue weighted by atomic mass is 16.4. The molecule has 13 nitrogen and oxygen atoms in total. The number of carbonyl (C=O) groups is 2. The van der Waals surface area contributed by atoms with E-state index in [-0.39, 0.29) is 35.7 Å². The molecule has 0 aliphatic carbocycles. The summed E-state index contributed by atoms with van der Waals surface area (Å²) in [6, 6.07) is 1.61. The van der Waals surface area contributed by atoms with E-state index in [4.69, 9.17) is 5.11 Å². The van der Waals surface area contributed by atoms with Crippen molar-refractivity contribution in [2.24, 2.45) is 7.05 Å². The van der Waals surface area contributed by atoms with Crippen molar-refractivity contribution in [1.29, 1.82) is 0 Å². The lowest BCUT2D eigenvalue weighted by atomic mass is 10.3. The van der Waals surface area contributed by atoms with E-state index in [1.165, 1.54) is 13.8 Å². The number of aromatic amines is 1. The van der Waals surface area contributed by atoms with Gasteiger partial charge in [-0.3, -0.25) is 23.4 Å². The number of aryl methyl sites for hydroxylation is 2. The molecule has 0 atom stereocenters. The molecule has 0 aromatic carbocycles. The second-order valence-corrected chi connectivity index (χ2v) is 7.60. The summed E-state index contributed by atoms with van der Waals surface area (Å²) in [5.74, 6) is 0.330. The Morgan fingerprint density at radius 2 is 1.85 bits per heavy atom. The third kappa shape index (κ3) is 5.13. The minimum absolute atomic E-state index is 0.122. The van der Waals surface area contributed by atoms with Crippen LogP contribution in [0.3, 0.4) is 0 Å². The molecule has 33 heavy (non-hydrogen) atoms. The Balaban J connectivity index is 1.90. The number of fused-ring (bicyclic) bond motifs is 1. The van der Waals surface area contributed by atoms with Crippen molar-refractivity contribution in [1.82, 2.24) is 34.2 Å². The average molecular weight is 460 g/mol. The van der Waals surface area contributed by atoms with Crippen LogP contribution in [-0.4, -0.2) is 52.5 Å². The fraction of sp³-hybridized carbons (Fsp3) is 0.500. The van der Waals surface area contributed by atoms with E-state index in [0.29, 0.717) is 49.7 Å². The van der Waals surface area contributed by atoms with Gasteiger partial charge in [0.05, 0.1) is 0 Å². The summed E-state index contributed by atoms with van der Waals surface area (Å²) in [7, 11) is 1.67. The first-order valence-corrected chi connectivity index (χ1v) is 10.8. The smallest absolute Gasteiger partial charge is 0.404 e. The van der Waals surface area contributed by atoms with E-state index < -0.39 is 11.7 Å². The number of imidazole rings is 1. The van der Waals surface area contributed by atoms with Crippen molar-refractivity contribution in [2.75, 3.05) is 11.9 Å². The van der Waals surface area contributed by atoms with E-state index in [1.54, 1.807) is 13.1 Å². The van der Waals surface area contributed by atoms with E-state index in [9.17, 15) is 19.2 Å². The van der Waals surface area contributed by atoms with Gasteiger partial charge in [-0.15, -0.1) is 0 Å². The summed E-state index contributed by atoms with van der Waals surface area (Å²) in [4.78, 5) is 55.8. The van der Waals surface area contributed by atoms with Crippen LogP contribution >= 0.6 is 0 Å². The van der Waals surface area contributed by atoms with Crippen LogP contribution in [0.4, 0.5) is 10.6 Å². The molecule has 0 saturated heterocycles. The summed E-state index contributed by atoms with van der Waals surface area (Å²) in [5, 5.41) is 17.7. The average Bonchev–Trinajstić information content (AvgIpc) is 3.35. The van der Waals surface area contributed by atoms with Gasteiger partial charge in [-0.1, -0.05) is 13.8 Å². The van der Waals surface area contributed by atoms with Crippen molar-refractivity contribution in [2.45, 2.75) is 52.6 Å². The first-order valence-electron chi connectivity index (χ1n) is 10.8. The molecule has 0 saturated carbocycles. The highest BCUT2D eigenvalue weighted by Gasteiger charge is 2.19. The standard InChI is InChI=1S/C20H28N8O5/c1-4-9-27-17-15(18(30)28(10-5-2)20(27)33)23-16(24-17)12-11-13(25-26(12)3)22-14(29)7-6-8-21-19(31)32/h11,21H,4-10H2,1-3H3,(H,23,24)(H,31,32)(H,22,25,29). The van der Waals surface area contributed by atoms with Gasteiger partial charge < -0.3 is 20.7 Å². The van der Waals surface area contributed by atoms with Gasteiger partial charge in [-0.05, 0) is 19.3 Å². The van der Waals surface area contributed by atoms with Gasteiger partial charge in [0.25, 0.3) is 5.56 Å². The molecule has 4 N–H and O–H groups in total. The molecule has 3 aromatic rings. The molecule has 178 valence electrons. The number of nitrogens with one attached hydrogen (secondary N) is 3. The second-order valence-electron chi connectivity index (χ2n) is 7.60. The lowest BCUT2D eigenvalue weighted by Crippen LogP contribution is -2.40. The summed E-state index contributed by atoms with van der Waals surface area (Å²) in [6.45, 7) is 4.74. The summed E-state index contributed by atoms with van der Waals surface area (Å²) in [5.41, 5.74) is 0.236. The summed E-state index contributed by atoms with van der Waals surface area (Å²) < 4.78 is 4.22. The minimum atomic E-state index is -1.14. The van der Waals surface area contributed by atoms with Gasteiger partial charge in [-0.2, -0.15) is 5.10 Å². The predicted molar refractivity (Wildman–Crippen MR) is 121 cm³/mol. The van der Waals surface area contributed by atoms with Crippen LogP contribution in [0.1, 0.15) is 39.5 Å². The monoisotopic (exact) mass is 460 g/mol. The molecule has 0 fully saturated rings. The molecule has 3 rings (SSSR count). The van der Waals surface area contributed by atoms with E-state index in [0.717, 1.165) is 0 Å². The Kier molecular flexibility index (Phi) is 7.30. The van der Waals surface area contributed by atoms with Crippen molar-refractivity contribution >= 4 is 29.0 Å². The van der Waals surface area contributed by atoms with Crippen LogP contribution in [0.15, 0.2) is 15.7 Å². The first-order chi connectivity index (χ1) is 15.8. The molecule has 3 aromatic heterocycles. The molecule has 3 heterocycles. The number of amides is 2. The second kappa shape index (κ2) is 10.1. The van der Waals surface area contributed by atoms with E-state index in [2.05, 4.69) is 25.7 Å². The van der Waals surface area contributed by atoms with Gasteiger partial charge in [0.15, 0.2) is 17.3 Å². The predicted octanol–water partition coefficient (Wildman–Crippen LogP) is 1.09. The normalized spacial score (nSPS) is 11.1. The van der Waals surface area contributed by atoms with E-state index >= 15 is 0 Å². The Hall–Kier alpha value is -3.90. The van der Waals surface area contributed by atoms with E-state index in [1.807, 2.05) is 13.8 Å². The minimum Gasteiger partial charge on any atom is -0.465 e. The SMILES string of the molecule is CCCn1c(=O)c2[nH]c(-c3cc(NC(=O)CCCNC(=O)O)nn3C)nc2n(CCC)c1=O. The Morgan fingerprint density at radius 3 is 2.52 bits per heavy atom. The quantitative estimate of drug-likeness (QED) is 0.328. The lowest BCUT2D eigenvalue weighted by Gasteiger charge is -2.09. The van der Waals surface area contributed by atoms with Gasteiger partial charge in [0, 0.05) is 39.2 Å². The fourth-order valence-electron chi connectivity index (χ4n) is 3.53. The molecule has 0 bridgehead atoms. The number of carboxylic acid groups (broad SMARTS) is 1. The molecule has 0 unspecified atom stereocenters. The zero-order valence-corrected chi connectivity index (χ0v) is 18.8. The topological polar surface area (TPSA) is 169 Å². The highest BCUT2D eigenvalue weighted by Crippen LogP contribution is 2.21. The van der Waals surface area contributed by atoms with Crippen LogP contribution in [0.25, 0.3) is 22.7 Å². The van der Waals surface area contributed by atoms with Crippen molar-refractivity contribution < 1.29 is 14.7 Å². The molecule has 13 heteroatoms. The van der Waals surface area contributed by atoms with Crippen LogP contribution in [0.2, 0.25) is 0 Å². The third-order valence-electron chi connectivity index (χ3n) is 5.00. The van der Waals surface area contributed by atoms with Gasteiger partial charge in [-0.25, -0.2) is 14.6 Å². The Labute approximate surface area is 188 Å². The highest BCUT2D eigenvalue weighted by molar-refractivity contribution is 5.90. The van der Waals surface area contributed by atoms with Gasteiger partial charge >= 0.3 is 11.8 Å². The number of hydrogen-bond acceptors (Lipinski definition) is 6. The number of hydrogen-bond donors (Lipinski definition) is 4. The van der Waals surface area contributed by atoms with Crippen LogP contribution in [0.5, 0.6) is 0 Å². The summed E-state index contributed by atoms with van der Waals surface area (Å²) in [6.07, 6.45) is 0.676. The van der Waals surface area contributed by atoms with Crippen molar-refractivity contribution in [3.63, 3.8) is 0 Å². The fourth-order valence-corrected chi connectivity index (χ4v) is 3.53. The summed E-state index contributed by atoms with van der Waals surface area (Å²) >= 11 is 0. The van der Waals surface area contributed by atoms with Gasteiger partial charge in [0.1, 0.15) is 11.2 Å². The first kappa shape index (κ1) is 23.8. The third-order valence-corrected chi connectivity index (χ3v) is 5.00. The van der Waals surface area contributed by atoms with Crippen molar-refractivity contribution in [3.8, 4) is 11.5 Å². The van der Waals surface area contributed by atoms with Crippen molar-refractivity contribution in [3.05, 3.63) is 26.9 Å². The molecule has 0 spiro atoms. The Morgan fingerprint density at radius 1 is 1.15 bits per heavy atom. The number of rotatable bonds is 10. The maximum Gasteiger partial charge on any atom is 0.404 e. The zero-order chi connectivity index (χ0) is 24.1. The van der Waals surface area contributed by atoms with Crippen LogP contribution in [-0.2, 0) is 24.9 Å². The number of anilines is 1. The Bertz CT molecular complexity index is 1280. The number of carbonyl (C=O) groups excluding carboxylic acids is 1. The number of aromatic nitrogens is 6. The largest absolute Gasteiger partial charge is 0.465 e. The molecule has 2 amide bonds. The maximum absolute atomic E-state index is 12.9. The molecular weight excluding hydrogens is 432 g/mol. The van der Waals surface area contributed by atoms with Crippen LogP contribution < -0.4 is 21.9 Å². The van der Waals surface area contributed by atoms with Crippen LogP contribution in [0, 0.1) is 0 Å².